The second-order valence-electron chi connectivity index (χ2n) is 5.97. The van der Waals surface area contributed by atoms with Crippen LogP contribution in [0.4, 0.5) is 0 Å². The van der Waals surface area contributed by atoms with Crippen molar-refractivity contribution in [1.82, 2.24) is 9.88 Å². The van der Waals surface area contributed by atoms with Crippen LogP contribution in [0.2, 0.25) is 0 Å². The maximum Gasteiger partial charge on any atom is 0.226 e. The smallest absolute Gasteiger partial charge is 0.226 e. The number of nitrogens with zero attached hydrogens (tertiary/aromatic N) is 2. The fraction of sp³-hybridized carbons (Fsp3) is 0.471. The molecular weight excluding hydrogens is 328 g/mol. The van der Waals surface area contributed by atoms with E-state index < -0.39 is 0 Å². The highest BCUT2D eigenvalue weighted by Gasteiger charge is 2.19. The highest BCUT2D eigenvalue weighted by Crippen LogP contribution is 2.24. The number of oxazole rings is 1. The summed E-state index contributed by atoms with van der Waals surface area (Å²) in [5, 5.41) is 0. The van der Waals surface area contributed by atoms with Gasteiger partial charge >= 0.3 is 0 Å². The highest BCUT2D eigenvalue weighted by molar-refractivity contribution is 9.10. The van der Waals surface area contributed by atoms with Crippen LogP contribution < -0.4 is 0 Å². The van der Waals surface area contributed by atoms with Gasteiger partial charge in [0.15, 0.2) is 0 Å². The van der Waals surface area contributed by atoms with Crippen LogP contribution >= 0.6 is 15.9 Å². The quantitative estimate of drug-likeness (QED) is 0.824. The topological polar surface area (TPSA) is 29.3 Å². The first-order valence-electron chi connectivity index (χ1n) is 7.56. The Morgan fingerprint density at radius 3 is 2.76 bits per heavy atom. The number of hydrogen-bond donors (Lipinski definition) is 0. The summed E-state index contributed by atoms with van der Waals surface area (Å²) in [4.78, 5) is 7.21. The average Bonchev–Trinajstić information content (AvgIpc) is 3.04. The highest BCUT2D eigenvalue weighted by atomic mass is 79.9. The zero-order valence-electron chi connectivity index (χ0n) is 12.6. The molecule has 0 radical (unpaired) electrons. The van der Waals surface area contributed by atoms with E-state index in [9.17, 15) is 0 Å². The summed E-state index contributed by atoms with van der Waals surface area (Å²) in [5.74, 6) is 2.51. The Bertz CT molecular complexity index is 606. The molecule has 1 aromatic heterocycles. The molecule has 0 N–H and O–H groups in total. The van der Waals surface area contributed by atoms with Gasteiger partial charge in [0.25, 0.3) is 0 Å². The molecule has 112 valence electrons. The molecule has 3 nitrogen and oxygen atoms in total. The molecule has 0 saturated carbocycles. The third-order valence-corrected chi connectivity index (χ3v) is 4.69. The lowest BCUT2D eigenvalue weighted by atomic mass is 10.2. The number of hydrogen-bond acceptors (Lipinski definition) is 3. The summed E-state index contributed by atoms with van der Waals surface area (Å²) in [6.07, 6.45) is 2.29. The zero-order valence-corrected chi connectivity index (χ0v) is 14.2. The molecule has 1 fully saturated rings. The van der Waals surface area contributed by atoms with E-state index in [1.807, 2.05) is 31.2 Å². The van der Waals surface area contributed by atoms with Crippen molar-refractivity contribution < 1.29 is 4.42 Å². The fourth-order valence-corrected chi connectivity index (χ4v) is 3.13. The first-order chi connectivity index (χ1) is 10.1. The molecule has 1 aromatic carbocycles. The first kappa shape index (κ1) is 14.8. The molecule has 3 rings (SSSR count). The molecule has 0 aliphatic carbocycles. The molecule has 1 unspecified atom stereocenters. The number of benzene rings is 1. The van der Waals surface area contributed by atoms with E-state index in [-0.39, 0.29) is 0 Å². The lowest BCUT2D eigenvalue weighted by Gasteiger charge is -2.13. The third kappa shape index (κ3) is 3.55. The Hall–Kier alpha value is -1.13. The molecular formula is C17H21BrN2O. The largest absolute Gasteiger partial charge is 0.441 e. The van der Waals surface area contributed by atoms with Crippen LogP contribution in [0, 0.1) is 12.8 Å². The van der Waals surface area contributed by atoms with Crippen LogP contribution in [0.15, 0.2) is 33.2 Å². The van der Waals surface area contributed by atoms with Gasteiger partial charge in [-0.1, -0.05) is 22.9 Å². The van der Waals surface area contributed by atoms with Crippen molar-refractivity contribution >= 4 is 15.9 Å². The van der Waals surface area contributed by atoms with Gasteiger partial charge in [-0.2, -0.15) is 0 Å². The van der Waals surface area contributed by atoms with Gasteiger partial charge in [0.05, 0.1) is 5.69 Å². The van der Waals surface area contributed by atoms with E-state index in [2.05, 4.69) is 32.7 Å². The second-order valence-corrected chi connectivity index (χ2v) is 6.89. The maximum atomic E-state index is 5.83. The summed E-state index contributed by atoms with van der Waals surface area (Å²) in [6.45, 7) is 7.86. The summed E-state index contributed by atoms with van der Waals surface area (Å²) < 4.78 is 6.90. The minimum atomic E-state index is 0.727. The van der Waals surface area contributed by atoms with Gasteiger partial charge in [-0.25, -0.2) is 4.98 Å². The lowest BCUT2D eigenvalue weighted by Crippen LogP contribution is -2.23. The van der Waals surface area contributed by atoms with Crippen molar-refractivity contribution in [3.63, 3.8) is 0 Å². The molecule has 2 heterocycles. The van der Waals surface area contributed by atoms with Crippen LogP contribution in [-0.4, -0.2) is 29.5 Å². The van der Waals surface area contributed by atoms with Crippen LogP contribution in [0.25, 0.3) is 11.5 Å². The van der Waals surface area contributed by atoms with E-state index in [1.165, 1.54) is 19.5 Å². The predicted octanol–water partition coefficient (Wildman–Crippen LogP) is 4.30. The van der Waals surface area contributed by atoms with Gasteiger partial charge in [-0.3, -0.25) is 0 Å². The number of aryl methyl sites for hydroxylation is 1. The van der Waals surface area contributed by atoms with E-state index in [0.29, 0.717) is 0 Å². The maximum absolute atomic E-state index is 5.83. The van der Waals surface area contributed by atoms with Gasteiger partial charge in [-0.15, -0.1) is 0 Å². The summed E-state index contributed by atoms with van der Waals surface area (Å²) >= 11 is 3.45. The molecule has 1 atom stereocenters. The monoisotopic (exact) mass is 348 g/mol. The van der Waals surface area contributed by atoms with Crippen LogP contribution in [-0.2, 0) is 6.42 Å². The minimum absolute atomic E-state index is 0.727. The Balaban J connectivity index is 1.68. The van der Waals surface area contributed by atoms with Gasteiger partial charge in [0.1, 0.15) is 5.76 Å². The van der Waals surface area contributed by atoms with Gasteiger partial charge in [0, 0.05) is 29.5 Å². The van der Waals surface area contributed by atoms with Crippen molar-refractivity contribution in [2.75, 3.05) is 19.6 Å². The van der Waals surface area contributed by atoms with Crippen molar-refractivity contribution in [2.45, 2.75) is 26.7 Å². The average molecular weight is 349 g/mol. The Labute approximate surface area is 134 Å². The van der Waals surface area contributed by atoms with Crippen LogP contribution in [0.3, 0.4) is 0 Å². The molecule has 4 heteroatoms. The standard InChI is InChI=1S/C17H21BrN2O/c1-12-7-9-20(11-12)10-8-16-13(2)21-17(19-16)14-3-5-15(18)6-4-14/h3-6,12H,7-11H2,1-2H3. The van der Waals surface area contributed by atoms with Gasteiger partial charge in [-0.05, 0) is 50.1 Å². The molecule has 1 saturated heterocycles. The molecule has 1 aliphatic heterocycles. The van der Waals surface area contributed by atoms with E-state index in [4.69, 9.17) is 4.42 Å². The summed E-state index contributed by atoms with van der Waals surface area (Å²) in [7, 11) is 0. The van der Waals surface area contributed by atoms with Crippen molar-refractivity contribution in [1.29, 1.82) is 0 Å². The fourth-order valence-electron chi connectivity index (χ4n) is 2.87. The van der Waals surface area contributed by atoms with Crippen LogP contribution in [0.1, 0.15) is 24.8 Å². The molecule has 2 aromatic rings. The van der Waals surface area contributed by atoms with E-state index in [0.717, 1.165) is 46.3 Å². The number of halogens is 1. The summed E-state index contributed by atoms with van der Waals surface area (Å²) in [5.41, 5.74) is 2.12. The molecule has 0 bridgehead atoms. The Morgan fingerprint density at radius 2 is 2.10 bits per heavy atom. The van der Waals surface area contributed by atoms with Gasteiger partial charge in [0.2, 0.25) is 5.89 Å². The summed E-state index contributed by atoms with van der Waals surface area (Å²) in [6, 6.07) is 8.09. The van der Waals surface area contributed by atoms with E-state index >= 15 is 0 Å². The molecule has 0 amide bonds. The Kier molecular flexibility index (Phi) is 4.45. The number of likely N-dealkylation sites (tertiary alicyclic amines) is 1. The van der Waals surface area contributed by atoms with Crippen molar-refractivity contribution in [3.05, 3.63) is 40.2 Å². The SMILES string of the molecule is Cc1oc(-c2ccc(Br)cc2)nc1CCN1CCC(C)C1. The van der Waals surface area contributed by atoms with Crippen LogP contribution in [0.5, 0.6) is 0 Å². The Morgan fingerprint density at radius 1 is 1.33 bits per heavy atom. The third-order valence-electron chi connectivity index (χ3n) is 4.16. The number of rotatable bonds is 4. The van der Waals surface area contributed by atoms with Crippen molar-refractivity contribution in [3.8, 4) is 11.5 Å². The molecule has 21 heavy (non-hydrogen) atoms. The predicted molar refractivity (Wildman–Crippen MR) is 88.3 cm³/mol. The second kappa shape index (κ2) is 6.32. The van der Waals surface area contributed by atoms with Gasteiger partial charge < -0.3 is 9.32 Å². The first-order valence-corrected chi connectivity index (χ1v) is 8.35. The lowest BCUT2D eigenvalue weighted by molar-refractivity contribution is 0.330. The normalized spacial score (nSPS) is 19.3. The molecule has 0 spiro atoms. The van der Waals surface area contributed by atoms with E-state index in [1.54, 1.807) is 0 Å². The zero-order chi connectivity index (χ0) is 14.8. The van der Waals surface area contributed by atoms with Crippen molar-refractivity contribution in [2.24, 2.45) is 5.92 Å². The number of aromatic nitrogens is 1. The minimum Gasteiger partial charge on any atom is -0.441 e. The molecule has 1 aliphatic rings.